The Morgan fingerprint density at radius 2 is 1.56 bits per heavy atom. The molecule has 4 aromatic rings. The van der Waals surface area contributed by atoms with Gasteiger partial charge in [-0.1, -0.05) is 53.5 Å². The Morgan fingerprint density at radius 3 is 2.25 bits per heavy atom. The minimum Gasteiger partial charge on any atom is -0.304 e. The molecule has 3 aromatic carbocycles. The van der Waals surface area contributed by atoms with Crippen LogP contribution in [0.1, 0.15) is 31.8 Å². The quantitative estimate of drug-likeness (QED) is 0.361. The fourth-order valence-electron chi connectivity index (χ4n) is 3.15. The van der Waals surface area contributed by atoms with Gasteiger partial charge in [0.1, 0.15) is 10.8 Å². The number of hydrogen-bond donors (Lipinski definition) is 1. The summed E-state index contributed by atoms with van der Waals surface area (Å²) in [5.74, 6) is -0.989. The van der Waals surface area contributed by atoms with Crippen LogP contribution in [0.2, 0.25) is 10.0 Å². The Labute approximate surface area is 193 Å². The van der Waals surface area contributed by atoms with Crippen molar-refractivity contribution < 1.29 is 14.0 Å². The van der Waals surface area contributed by atoms with E-state index in [1.807, 2.05) is 0 Å². The van der Waals surface area contributed by atoms with Crippen LogP contribution in [0.3, 0.4) is 0 Å². The molecule has 0 radical (unpaired) electrons. The van der Waals surface area contributed by atoms with E-state index >= 15 is 0 Å². The topological polar surface area (TPSA) is 64.0 Å². The van der Waals surface area contributed by atoms with E-state index in [4.69, 9.17) is 23.2 Å². The highest BCUT2D eigenvalue weighted by atomic mass is 35.5. The summed E-state index contributed by atoms with van der Waals surface area (Å²) < 4.78 is 14.6. The smallest absolute Gasteiger partial charge is 0.257 e. The number of hydrogen-bond acceptors (Lipinski definition) is 3. The number of amides is 1. The minimum atomic E-state index is -0.517. The first-order chi connectivity index (χ1) is 15.4. The number of aromatic nitrogens is 2. The molecule has 0 fully saturated rings. The summed E-state index contributed by atoms with van der Waals surface area (Å²) in [6.07, 6.45) is 1.56. The van der Waals surface area contributed by atoms with Gasteiger partial charge >= 0.3 is 0 Å². The van der Waals surface area contributed by atoms with Gasteiger partial charge in [-0.3, -0.25) is 14.3 Å². The molecule has 0 saturated carbocycles. The number of ketones is 1. The Kier molecular flexibility index (Phi) is 6.35. The third-order valence-electron chi connectivity index (χ3n) is 4.73. The van der Waals surface area contributed by atoms with Gasteiger partial charge < -0.3 is 5.32 Å². The fourth-order valence-corrected chi connectivity index (χ4v) is 3.47. The van der Waals surface area contributed by atoms with Crippen LogP contribution >= 0.6 is 23.2 Å². The second-order valence-electron chi connectivity index (χ2n) is 6.99. The SMILES string of the molecule is O=C(Nc1nn(Cc2ccc(F)cc2)cc1Cl)c1ccccc1C(=O)c1ccc(Cl)cc1. The van der Waals surface area contributed by atoms with Gasteiger partial charge in [0.05, 0.1) is 12.1 Å². The van der Waals surface area contributed by atoms with Crippen LogP contribution in [0.4, 0.5) is 10.2 Å². The molecule has 160 valence electrons. The molecule has 0 bridgehead atoms. The molecule has 0 aliphatic heterocycles. The number of rotatable bonds is 6. The van der Waals surface area contributed by atoms with Gasteiger partial charge in [-0.05, 0) is 48.0 Å². The first-order valence-electron chi connectivity index (χ1n) is 9.59. The molecule has 0 aliphatic rings. The van der Waals surface area contributed by atoms with Gasteiger partial charge in [0.2, 0.25) is 0 Å². The maximum Gasteiger partial charge on any atom is 0.257 e. The van der Waals surface area contributed by atoms with Crippen LogP contribution in [-0.4, -0.2) is 21.5 Å². The molecule has 0 spiro atoms. The molecule has 32 heavy (non-hydrogen) atoms. The Balaban J connectivity index is 1.55. The van der Waals surface area contributed by atoms with Crippen molar-refractivity contribution in [3.8, 4) is 0 Å². The molecular formula is C24H16Cl2FN3O2. The van der Waals surface area contributed by atoms with Gasteiger partial charge in [0, 0.05) is 22.3 Å². The summed E-state index contributed by atoms with van der Waals surface area (Å²) in [6.45, 7) is 0.349. The highest BCUT2D eigenvalue weighted by Gasteiger charge is 2.20. The van der Waals surface area contributed by atoms with E-state index in [-0.39, 0.29) is 33.6 Å². The van der Waals surface area contributed by atoms with Crippen molar-refractivity contribution in [2.75, 3.05) is 5.32 Å². The van der Waals surface area contributed by atoms with E-state index in [1.165, 1.54) is 16.8 Å². The maximum absolute atomic E-state index is 13.1. The fraction of sp³-hybridized carbons (Fsp3) is 0.0417. The van der Waals surface area contributed by atoms with E-state index in [0.29, 0.717) is 17.1 Å². The predicted molar refractivity (Wildman–Crippen MR) is 122 cm³/mol. The van der Waals surface area contributed by atoms with E-state index in [9.17, 15) is 14.0 Å². The van der Waals surface area contributed by atoms with Crippen molar-refractivity contribution >= 4 is 40.7 Å². The van der Waals surface area contributed by atoms with Crippen LogP contribution in [-0.2, 0) is 6.54 Å². The first-order valence-corrected chi connectivity index (χ1v) is 10.3. The Morgan fingerprint density at radius 1 is 0.906 bits per heavy atom. The minimum absolute atomic E-state index is 0.160. The zero-order chi connectivity index (χ0) is 22.7. The lowest BCUT2D eigenvalue weighted by Crippen LogP contribution is -2.17. The molecule has 1 amide bonds. The predicted octanol–water partition coefficient (Wildman–Crippen LogP) is 5.86. The van der Waals surface area contributed by atoms with E-state index in [2.05, 4.69) is 10.4 Å². The van der Waals surface area contributed by atoms with Crippen molar-refractivity contribution in [2.45, 2.75) is 6.54 Å². The molecule has 5 nitrogen and oxygen atoms in total. The van der Waals surface area contributed by atoms with Gasteiger partial charge in [0.15, 0.2) is 11.6 Å². The molecule has 4 rings (SSSR count). The highest BCUT2D eigenvalue weighted by molar-refractivity contribution is 6.33. The summed E-state index contributed by atoms with van der Waals surface area (Å²) in [5, 5.41) is 7.71. The largest absolute Gasteiger partial charge is 0.304 e. The number of halogens is 3. The van der Waals surface area contributed by atoms with Gasteiger partial charge in [-0.25, -0.2) is 4.39 Å². The van der Waals surface area contributed by atoms with Crippen LogP contribution in [0.25, 0.3) is 0 Å². The van der Waals surface area contributed by atoms with Crippen molar-refractivity contribution in [2.24, 2.45) is 0 Å². The molecule has 1 N–H and O–H groups in total. The van der Waals surface area contributed by atoms with Crippen molar-refractivity contribution in [1.29, 1.82) is 0 Å². The van der Waals surface area contributed by atoms with Crippen LogP contribution < -0.4 is 5.32 Å². The maximum atomic E-state index is 13.1. The average molecular weight is 468 g/mol. The molecule has 0 atom stereocenters. The second-order valence-corrected chi connectivity index (χ2v) is 7.83. The summed E-state index contributed by atoms with van der Waals surface area (Å²) in [5.41, 5.74) is 1.67. The van der Waals surface area contributed by atoms with Gasteiger partial charge in [-0.15, -0.1) is 0 Å². The summed E-state index contributed by atoms with van der Waals surface area (Å²) >= 11 is 12.1. The highest BCUT2D eigenvalue weighted by Crippen LogP contribution is 2.23. The zero-order valence-corrected chi connectivity index (χ0v) is 18.1. The van der Waals surface area contributed by atoms with Gasteiger partial charge in [-0.2, -0.15) is 5.10 Å². The summed E-state index contributed by atoms with van der Waals surface area (Å²) in [6, 6.07) is 18.9. The lowest BCUT2D eigenvalue weighted by Gasteiger charge is -2.09. The molecule has 8 heteroatoms. The molecule has 1 heterocycles. The summed E-state index contributed by atoms with van der Waals surface area (Å²) in [4.78, 5) is 25.9. The van der Waals surface area contributed by atoms with Crippen LogP contribution in [0.5, 0.6) is 0 Å². The number of nitrogens with one attached hydrogen (secondary N) is 1. The van der Waals surface area contributed by atoms with Crippen LogP contribution in [0.15, 0.2) is 79.0 Å². The van der Waals surface area contributed by atoms with Crippen LogP contribution in [0, 0.1) is 5.82 Å². The average Bonchev–Trinajstić information content (AvgIpc) is 3.13. The third-order valence-corrected chi connectivity index (χ3v) is 5.26. The Bertz CT molecular complexity index is 1290. The standard InChI is InChI=1S/C24H16Cl2FN3O2/c25-17-9-7-16(8-10-17)22(31)19-3-1-2-4-20(19)24(32)28-23-21(26)14-30(29-23)13-15-5-11-18(27)12-6-15/h1-12,14H,13H2,(H,28,29,32). The summed E-state index contributed by atoms with van der Waals surface area (Å²) in [7, 11) is 0. The monoisotopic (exact) mass is 467 g/mol. The number of anilines is 1. The molecule has 0 saturated heterocycles. The number of nitrogens with zero attached hydrogens (tertiary/aromatic N) is 2. The Hall–Kier alpha value is -3.48. The number of benzene rings is 3. The third kappa shape index (κ3) is 4.88. The van der Waals surface area contributed by atoms with Crippen molar-refractivity contribution in [3.05, 3.63) is 117 Å². The van der Waals surface area contributed by atoms with Gasteiger partial charge in [0.25, 0.3) is 5.91 Å². The lowest BCUT2D eigenvalue weighted by molar-refractivity contribution is 0.0996. The first kappa shape index (κ1) is 21.7. The van der Waals surface area contributed by atoms with E-state index < -0.39 is 5.91 Å². The van der Waals surface area contributed by atoms with E-state index in [1.54, 1.807) is 66.9 Å². The normalized spacial score (nSPS) is 10.7. The van der Waals surface area contributed by atoms with E-state index in [0.717, 1.165) is 5.56 Å². The molecule has 0 aliphatic carbocycles. The number of carbonyl (C=O) groups excluding carboxylic acids is 2. The lowest BCUT2D eigenvalue weighted by atomic mass is 9.98. The zero-order valence-electron chi connectivity index (χ0n) is 16.6. The molecule has 0 unspecified atom stereocenters. The number of carbonyl (C=O) groups is 2. The molecule has 1 aromatic heterocycles. The van der Waals surface area contributed by atoms with Crippen molar-refractivity contribution in [1.82, 2.24) is 9.78 Å². The molecular weight excluding hydrogens is 452 g/mol. The second kappa shape index (κ2) is 9.34. The van der Waals surface area contributed by atoms with Crippen molar-refractivity contribution in [3.63, 3.8) is 0 Å².